The lowest BCUT2D eigenvalue weighted by Gasteiger charge is -2.13. The van der Waals surface area contributed by atoms with Crippen molar-refractivity contribution < 1.29 is 4.74 Å². The monoisotopic (exact) mass is 277 g/mol. The first-order valence-corrected chi connectivity index (χ1v) is 7.11. The average Bonchev–Trinajstić information content (AvgIpc) is 2.49. The second kappa shape index (κ2) is 5.49. The van der Waals surface area contributed by atoms with Gasteiger partial charge < -0.3 is 10.5 Å². The molecule has 0 heterocycles. The number of anilines is 1. The number of benzene rings is 3. The summed E-state index contributed by atoms with van der Waals surface area (Å²) in [5.74, 6) is 0.898. The summed E-state index contributed by atoms with van der Waals surface area (Å²) in [6, 6.07) is 18.7. The van der Waals surface area contributed by atoms with Gasteiger partial charge in [-0.05, 0) is 53.4 Å². The van der Waals surface area contributed by atoms with E-state index in [9.17, 15) is 0 Å². The molecule has 0 aromatic heterocycles. The van der Waals surface area contributed by atoms with E-state index in [1.54, 1.807) is 0 Å². The number of nitrogens with two attached hydrogens (primary N) is 1. The Balaban J connectivity index is 1.89. The minimum absolute atomic E-state index is 0.561. The van der Waals surface area contributed by atoms with E-state index in [1.807, 2.05) is 26.0 Å². The summed E-state index contributed by atoms with van der Waals surface area (Å²) in [6.07, 6.45) is 0. The predicted octanol–water partition coefficient (Wildman–Crippen LogP) is 4.62. The summed E-state index contributed by atoms with van der Waals surface area (Å²) < 4.78 is 6.01. The van der Waals surface area contributed by atoms with E-state index in [4.69, 9.17) is 10.5 Å². The molecule has 3 aromatic carbocycles. The highest BCUT2D eigenvalue weighted by atomic mass is 16.5. The van der Waals surface area contributed by atoms with Crippen LogP contribution in [0.3, 0.4) is 0 Å². The molecule has 0 atom stereocenters. The highest BCUT2D eigenvalue weighted by Crippen LogP contribution is 2.26. The molecule has 106 valence electrons. The summed E-state index contributed by atoms with van der Waals surface area (Å²) in [5.41, 5.74) is 10.0. The van der Waals surface area contributed by atoms with Crippen LogP contribution in [-0.4, -0.2) is 0 Å². The second-order valence-electron chi connectivity index (χ2n) is 5.40. The van der Waals surface area contributed by atoms with E-state index >= 15 is 0 Å². The molecule has 2 nitrogen and oxygen atoms in total. The Morgan fingerprint density at radius 3 is 2.52 bits per heavy atom. The molecule has 21 heavy (non-hydrogen) atoms. The molecule has 2 N–H and O–H groups in total. The standard InChI is InChI=1S/C19H19NO/c1-13-11-19(14(2)10-18(13)20)21-12-16-8-5-7-15-6-3-4-9-17(15)16/h3-11H,12,20H2,1-2H3. The first-order chi connectivity index (χ1) is 10.1. The first kappa shape index (κ1) is 13.5. The van der Waals surface area contributed by atoms with Crippen LogP contribution in [0.25, 0.3) is 10.8 Å². The molecular weight excluding hydrogens is 258 g/mol. The topological polar surface area (TPSA) is 35.2 Å². The molecule has 0 aliphatic carbocycles. The zero-order chi connectivity index (χ0) is 14.8. The molecule has 0 aliphatic rings. The number of ether oxygens (including phenoxy) is 1. The third-order valence-electron chi connectivity index (χ3n) is 3.83. The van der Waals surface area contributed by atoms with Gasteiger partial charge in [0.05, 0.1) is 0 Å². The molecule has 0 fully saturated rings. The Morgan fingerprint density at radius 2 is 1.67 bits per heavy atom. The lowest BCUT2D eigenvalue weighted by atomic mass is 10.1. The van der Waals surface area contributed by atoms with Crippen molar-refractivity contribution in [1.82, 2.24) is 0 Å². The van der Waals surface area contributed by atoms with Crippen LogP contribution in [0.15, 0.2) is 54.6 Å². The van der Waals surface area contributed by atoms with E-state index in [2.05, 4.69) is 42.5 Å². The molecule has 3 aromatic rings. The Labute approximate surface area is 125 Å². The first-order valence-electron chi connectivity index (χ1n) is 7.11. The normalized spacial score (nSPS) is 10.8. The van der Waals surface area contributed by atoms with Crippen molar-refractivity contribution in [3.63, 3.8) is 0 Å². The van der Waals surface area contributed by atoms with Gasteiger partial charge in [0.25, 0.3) is 0 Å². The summed E-state index contributed by atoms with van der Waals surface area (Å²) in [5, 5.41) is 2.48. The van der Waals surface area contributed by atoms with Gasteiger partial charge in [0, 0.05) is 5.69 Å². The summed E-state index contributed by atoms with van der Waals surface area (Å²) in [4.78, 5) is 0. The Kier molecular flexibility index (Phi) is 3.53. The largest absolute Gasteiger partial charge is 0.489 e. The van der Waals surface area contributed by atoms with Crippen LogP contribution in [0, 0.1) is 13.8 Å². The maximum absolute atomic E-state index is 6.01. The van der Waals surface area contributed by atoms with Crippen molar-refractivity contribution in [1.29, 1.82) is 0 Å². The fraction of sp³-hybridized carbons (Fsp3) is 0.158. The molecule has 0 radical (unpaired) electrons. The van der Waals surface area contributed by atoms with Crippen LogP contribution in [0.5, 0.6) is 5.75 Å². The predicted molar refractivity (Wildman–Crippen MR) is 88.6 cm³/mol. The molecule has 0 spiro atoms. The molecule has 0 saturated heterocycles. The number of rotatable bonds is 3. The van der Waals surface area contributed by atoms with Crippen LogP contribution < -0.4 is 10.5 Å². The highest BCUT2D eigenvalue weighted by Gasteiger charge is 2.05. The number of fused-ring (bicyclic) bond motifs is 1. The fourth-order valence-corrected chi connectivity index (χ4v) is 2.54. The van der Waals surface area contributed by atoms with Crippen LogP contribution in [0.1, 0.15) is 16.7 Å². The Morgan fingerprint density at radius 1 is 0.905 bits per heavy atom. The Bertz CT molecular complexity index is 787. The van der Waals surface area contributed by atoms with Crippen LogP contribution >= 0.6 is 0 Å². The van der Waals surface area contributed by atoms with Gasteiger partial charge >= 0.3 is 0 Å². The molecule has 0 aliphatic heterocycles. The lowest BCUT2D eigenvalue weighted by Crippen LogP contribution is -2.00. The highest BCUT2D eigenvalue weighted by molar-refractivity contribution is 5.85. The summed E-state index contributed by atoms with van der Waals surface area (Å²) in [6.45, 7) is 4.58. The van der Waals surface area contributed by atoms with Gasteiger partial charge in [0.2, 0.25) is 0 Å². The molecular formula is C19H19NO. The van der Waals surface area contributed by atoms with Crippen molar-refractivity contribution in [3.05, 3.63) is 71.3 Å². The van der Waals surface area contributed by atoms with E-state index in [0.717, 1.165) is 22.6 Å². The molecule has 2 heteroatoms. The lowest BCUT2D eigenvalue weighted by molar-refractivity contribution is 0.305. The van der Waals surface area contributed by atoms with Gasteiger partial charge in [-0.3, -0.25) is 0 Å². The smallest absolute Gasteiger partial charge is 0.123 e. The van der Waals surface area contributed by atoms with E-state index < -0.39 is 0 Å². The molecule has 3 rings (SSSR count). The second-order valence-corrected chi connectivity index (χ2v) is 5.40. The summed E-state index contributed by atoms with van der Waals surface area (Å²) >= 11 is 0. The minimum Gasteiger partial charge on any atom is -0.489 e. The molecule has 0 unspecified atom stereocenters. The number of aryl methyl sites for hydroxylation is 2. The zero-order valence-corrected chi connectivity index (χ0v) is 12.4. The van der Waals surface area contributed by atoms with E-state index in [-0.39, 0.29) is 0 Å². The Hall–Kier alpha value is -2.48. The summed E-state index contributed by atoms with van der Waals surface area (Å²) in [7, 11) is 0. The molecule has 0 saturated carbocycles. The van der Waals surface area contributed by atoms with E-state index in [0.29, 0.717) is 6.61 Å². The quantitative estimate of drug-likeness (QED) is 0.709. The van der Waals surface area contributed by atoms with Crippen molar-refractivity contribution in [3.8, 4) is 5.75 Å². The number of hydrogen-bond donors (Lipinski definition) is 1. The van der Waals surface area contributed by atoms with Crippen LogP contribution in [0.4, 0.5) is 5.69 Å². The average molecular weight is 277 g/mol. The van der Waals surface area contributed by atoms with Crippen molar-refractivity contribution >= 4 is 16.5 Å². The third kappa shape index (κ3) is 2.70. The van der Waals surface area contributed by atoms with E-state index in [1.165, 1.54) is 16.3 Å². The zero-order valence-electron chi connectivity index (χ0n) is 12.4. The minimum atomic E-state index is 0.561. The van der Waals surface area contributed by atoms with Gasteiger partial charge in [0.1, 0.15) is 12.4 Å². The van der Waals surface area contributed by atoms with Crippen molar-refractivity contribution in [2.45, 2.75) is 20.5 Å². The fourth-order valence-electron chi connectivity index (χ4n) is 2.54. The van der Waals surface area contributed by atoms with Gasteiger partial charge in [-0.15, -0.1) is 0 Å². The molecule has 0 amide bonds. The number of nitrogen functional groups attached to an aromatic ring is 1. The van der Waals surface area contributed by atoms with Gasteiger partial charge in [-0.1, -0.05) is 42.5 Å². The molecule has 0 bridgehead atoms. The number of hydrogen-bond acceptors (Lipinski definition) is 2. The van der Waals surface area contributed by atoms with Gasteiger partial charge in [0.15, 0.2) is 0 Å². The maximum atomic E-state index is 6.01. The van der Waals surface area contributed by atoms with Gasteiger partial charge in [-0.2, -0.15) is 0 Å². The van der Waals surface area contributed by atoms with Crippen molar-refractivity contribution in [2.24, 2.45) is 0 Å². The van der Waals surface area contributed by atoms with Gasteiger partial charge in [-0.25, -0.2) is 0 Å². The van der Waals surface area contributed by atoms with Crippen molar-refractivity contribution in [2.75, 3.05) is 5.73 Å². The van der Waals surface area contributed by atoms with Crippen LogP contribution in [0.2, 0.25) is 0 Å². The SMILES string of the molecule is Cc1cc(OCc2cccc3ccccc23)c(C)cc1N. The maximum Gasteiger partial charge on any atom is 0.123 e. The van der Waals surface area contributed by atoms with Crippen LogP contribution in [-0.2, 0) is 6.61 Å². The third-order valence-corrected chi connectivity index (χ3v) is 3.83.